The van der Waals surface area contributed by atoms with Crippen LogP contribution in [0.4, 0.5) is 17.6 Å². The smallest absolute Gasteiger partial charge is 0.291 e. The van der Waals surface area contributed by atoms with E-state index in [1.54, 1.807) is 0 Å². The van der Waals surface area contributed by atoms with Crippen LogP contribution in [0.25, 0.3) is 0 Å². The monoisotopic (exact) mass is 240 g/mol. The SMILES string of the molecule is O=C(CCl)C(F)(F)c1ccc(F)c(F)c1. The van der Waals surface area contributed by atoms with E-state index >= 15 is 0 Å². The molecule has 82 valence electrons. The molecule has 0 atom stereocenters. The van der Waals surface area contributed by atoms with Crippen molar-refractivity contribution in [1.29, 1.82) is 0 Å². The predicted octanol–water partition coefficient (Wildman–Crippen LogP) is 2.86. The summed E-state index contributed by atoms with van der Waals surface area (Å²) in [6, 6.07) is 1.45. The van der Waals surface area contributed by atoms with Crippen molar-refractivity contribution in [2.45, 2.75) is 5.92 Å². The Hall–Kier alpha value is -1.10. The van der Waals surface area contributed by atoms with Crippen LogP contribution in [0.15, 0.2) is 18.2 Å². The fourth-order valence-corrected chi connectivity index (χ4v) is 1.10. The normalized spacial score (nSPS) is 11.5. The average Bonchev–Trinajstić information content (AvgIpc) is 2.20. The van der Waals surface area contributed by atoms with Crippen LogP contribution < -0.4 is 0 Å². The molecule has 0 spiro atoms. The maximum atomic E-state index is 13.1. The van der Waals surface area contributed by atoms with Gasteiger partial charge in [-0.05, 0) is 18.2 Å². The molecule has 0 saturated heterocycles. The van der Waals surface area contributed by atoms with Gasteiger partial charge in [0.05, 0.1) is 5.88 Å². The molecule has 0 N–H and O–H groups in total. The lowest BCUT2D eigenvalue weighted by molar-refractivity contribution is -0.141. The van der Waals surface area contributed by atoms with Crippen molar-refractivity contribution >= 4 is 17.4 Å². The number of halogens is 5. The van der Waals surface area contributed by atoms with Gasteiger partial charge in [0.25, 0.3) is 0 Å². The van der Waals surface area contributed by atoms with E-state index in [-0.39, 0.29) is 6.07 Å². The zero-order valence-corrected chi connectivity index (χ0v) is 7.99. The molecule has 0 aliphatic heterocycles. The number of carbonyl (C=O) groups excluding carboxylic acids is 1. The van der Waals surface area contributed by atoms with Gasteiger partial charge in [0.1, 0.15) is 0 Å². The number of hydrogen-bond acceptors (Lipinski definition) is 1. The first kappa shape index (κ1) is 12.0. The maximum absolute atomic E-state index is 13.1. The highest BCUT2D eigenvalue weighted by Crippen LogP contribution is 2.30. The van der Waals surface area contributed by atoms with Gasteiger partial charge in [0.2, 0.25) is 5.78 Å². The van der Waals surface area contributed by atoms with Crippen molar-refractivity contribution < 1.29 is 22.4 Å². The molecule has 0 saturated carbocycles. The molecule has 0 aliphatic rings. The van der Waals surface area contributed by atoms with E-state index in [2.05, 4.69) is 0 Å². The molecule has 6 heteroatoms. The summed E-state index contributed by atoms with van der Waals surface area (Å²) >= 11 is 4.96. The Morgan fingerprint density at radius 2 is 1.87 bits per heavy atom. The van der Waals surface area contributed by atoms with E-state index in [0.29, 0.717) is 12.1 Å². The zero-order chi connectivity index (χ0) is 11.6. The first-order valence-electron chi connectivity index (χ1n) is 3.82. The standard InChI is InChI=1S/C9H5ClF4O/c10-4-8(15)9(13,14)5-1-2-6(11)7(12)3-5/h1-3H,4H2. The summed E-state index contributed by atoms with van der Waals surface area (Å²) in [5, 5.41) is 0. The van der Waals surface area contributed by atoms with Crippen LogP contribution in [0.2, 0.25) is 0 Å². The molecular formula is C9H5ClF4O. The highest BCUT2D eigenvalue weighted by molar-refractivity contribution is 6.28. The third kappa shape index (κ3) is 2.28. The number of carbonyl (C=O) groups is 1. The Balaban J connectivity index is 3.16. The summed E-state index contributed by atoms with van der Waals surface area (Å²) in [5.41, 5.74) is -0.910. The van der Waals surface area contributed by atoms with Gasteiger partial charge in [-0.25, -0.2) is 8.78 Å². The van der Waals surface area contributed by atoms with Crippen LogP contribution in [-0.4, -0.2) is 11.7 Å². The molecule has 0 unspecified atom stereocenters. The number of Topliss-reactive ketones (excluding diaryl/α,β-unsaturated/α-hetero) is 1. The van der Waals surface area contributed by atoms with Gasteiger partial charge in [0.15, 0.2) is 11.6 Å². The van der Waals surface area contributed by atoms with Crippen molar-refractivity contribution in [3.8, 4) is 0 Å². The van der Waals surface area contributed by atoms with E-state index in [0.717, 1.165) is 0 Å². The summed E-state index contributed by atoms with van der Waals surface area (Å²) in [4.78, 5) is 10.7. The number of hydrogen-bond donors (Lipinski definition) is 0. The second-order valence-corrected chi connectivity index (χ2v) is 3.03. The molecule has 0 heterocycles. The topological polar surface area (TPSA) is 17.1 Å². The second-order valence-electron chi connectivity index (χ2n) is 2.76. The van der Waals surface area contributed by atoms with E-state index in [4.69, 9.17) is 11.6 Å². The largest absolute Gasteiger partial charge is 0.331 e. The zero-order valence-electron chi connectivity index (χ0n) is 7.24. The highest BCUT2D eigenvalue weighted by atomic mass is 35.5. The van der Waals surface area contributed by atoms with Crippen LogP contribution in [-0.2, 0) is 10.7 Å². The van der Waals surface area contributed by atoms with Gasteiger partial charge in [-0.3, -0.25) is 4.79 Å². The fourth-order valence-electron chi connectivity index (χ4n) is 0.936. The van der Waals surface area contributed by atoms with Crippen molar-refractivity contribution in [2.24, 2.45) is 0 Å². The number of rotatable bonds is 3. The molecule has 1 aromatic rings. The molecule has 0 aromatic heterocycles. The third-order valence-corrected chi connectivity index (χ3v) is 2.00. The second kappa shape index (κ2) is 4.18. The molecule has 1 nitrogen and oxygen atoms in total. The minimum Gasteiger partial charge on any atom is -0.291 e. The predicted molar refractivity (Wildman–Crippen MR) is 46.0 cm³/mol. The number of benzene rings is 1. The molecule has 0 bridgehead atoms. The minimum atomic E-state index is -3.89. The van der Waals surface area contributed by atoms with Crippen LogP contribution in [0.1, 0.15) is 5.56 Å². The minimum absolute atomic E-state index is 0.278. The summed E-state index contributed by atoms with van der Waals surface area (Å²) in [6.07, 6.45) is 0. The van der Waals surface area contributed by atoms with Gasteiger partial charge in [-0.1, -0.05) is 0 Å². The summed E-state index contributed by atoms with van der Waals surface area (Å²) in [5.74, 6) is -9.04. The molecule has 0 aliphatic carbocycles. The fraction of sp³-hybridized carbons (Fsp3) is 0.222. The maximum Gasteiger partial charge on any atom is 0.331 e. The lowest BCUT2D eigenvalue weighted by atomic mass is 10.1. The van der Waals surface area contributed by atoms with Crippen LogP contribution >= 0.6 is 11.6 Å². The van der Waals surface area contributed by atoms with E-state index in [1.165, 1.54) is 0 Å². The molecule has 0 amide bonds. The van der Waals surface area contributed by atoms with Gasteiger partial charge >= 0.3 is 5.92 Å². The van der Waals surface area contributed by atoms with Crippen molar-refractivity contribution in [1.82, 2.24) is 0 Å². The molecule has 0 radical (unpaired) electrons. The van der Waals surface area contributed by atoms with E-state index < -0.39 is 34.8 Å². The van der Waals surface area contributed by atoms with Crippen LogP contribution in [0.3, 0.4) is 0 Å². The van der Waals surface area contributed by atoms with Crippen LogP contribution in [0, 0.1) is 11.6 Å². The first-order chi connectivity index (χ1) is 6.89. The molecular weight excluding hydrogens is 236 g/mol. The quantitative estimate of drug-likeness (QED) is 0.587. The lowest BCUT2D eigenvalue weighted by Gasteiger charge is -2.13. The molecule has 15 heavy (non-hydrogen) atoms. The Bertz CT molecular complexity index is 392. The lowest BCUT2D eigenvalue weighted by Crippen LogP contribution is -2.27. The third-order valence-electron chi connectivity index (χ3n) is 1.75. The Morgan fingerprint density at radius 1 is 1.27 bits per heavy atom. The van der Waals surface area contributed by atoms with Crippen LogP contribution in [0.5, 0.6) is 0 Å². The van der Waals surface area contributed by atoms with Crippen molar-refractivity contribution in [3.05, 3.63) is 35.4 Å². The van der Waals surface area contributed by atoms with Gasteiger partial charge in [-0.2, -0.15) is 8.78 Å². The van der Waals surface area contributed by atoms with Gasteiger partial charge in [-0.15, -0.1) is 11.6 Å². The summed E-state index contributed by atoms with van der Waals surface area (Å²) in [6.45, 7) is 0. The van der Waals surface area contributed by atoms with Crippen molar-refractivity contribution in [3.63, 3.8) is 0 Å². The van der Waals surface area contributed by atoms with Gasteiger partial charge < -0.3 is 0 Å². The molecule has 1 rings (SSSR count). The Morgan fingerprint density at radius 3 is 2.33 bits per heavy atom. The molecule has 0 fully saturated rings. The van der Waals surface area contributed by atoms with Gasteiger partial charge in [0, 0.05) is 5.56 Å². The number of ketones is 1. The number of alkyl halides is 3. The summed E-state index contributed by atoms with van der Waals surface area (Å²) < 4.78 is 51.3. The highest BCUT2D eigenvalue weighted by Gasteiger charge is 2.40. The van der Waals surface area contributed by atoms with E-state index in [1.807, 2.05) is 0 Å². The summed E-state index contributed by atoms with van der Waals surface area (Å²) in [7, 11) is 0. The van der Waals surface area contributed by atoms with Crippen molar-refractivity contribution in [2.75, 3.05) is 5.88 Å². The molecule has 1 aromatic carbocycles. The Labute approximate surface area is 87.7 Å². The van der Waals surface area contributed by atoms with E-state index in [9.17, 15) is 22.4 Å². The first-order valence-corrected chi connectivity index (χ1v) is 4.35. The average molecular weight is 241 g/mol. The Kier molecular flexibility index (Phi) is 3.34.